The van der Waals surface area contributed by atoms with Crippen molar-refractivity contribution in [3.05, 3.63) is 63.3 Å². The molecule has 1 aromatic carbocycles. The number of rotatable bonds is 5. The summed E-state index contributed by atoms with van der Waals surface area (Å²) in [5.41, 5.74) is 2.14. The Labute approximate surface area is 219 Å². The first-order valence-corrected chi connectivity index (χ1v) is 13.4. The Kier molecular flexibility index (Phi) is 7.53. The lowest BCUT2D eigenvalue weighted by molar-refractivity contribution is -0.186. The van der Waals surface area contributed by atoms with Gasteiger partial charge in [-0.05, 0) is 63.4 Å². The third-order valence-electron chi connectivity index (χ3n) is 8.44. The van der Waals surface area contributed by atoms with Gasteiger partial charge < -0.3 is 14.4 Å². The third-order valence-corrected chi connectivity index (χ3v) is 8.44. The maximum absolute atomic E-state index is 13.8. The number of ether oxygens (including phenoxy) is 2. The molecule has 2 aliphatic carbocycles. The first-order chi connectivity index (χ1) is 18.2. The van der Waals surface area contributed by atoms with Crippen LogP contribution in [0.15, 0.2) is 35.1 Å². The minimum absolute atomic E-state index is 0.0285. The van der Waals surface area contributed by atoms with Crippen molar-refractivity contribution in [2.24, 2.45) is 11.8 Å². The van der Waals surface area contributed by atoms with E-state index in [9.17, 15) is 22.8 Å². The van der Waals surface area contributed by atoms with E-state index in [2.05, 4.69) is 0 Å². The van der Waals surface area contributed by atoms with Crippen molar-refractivity contribution in [1.29, 1.82) is 0 Å². The van der Waals surface area contributed by atoms with Crippen molar-refractivity contribution in [2.75, 3.05) is 13.7 Å². The minimum atomic E-state index is -4.20. The average molecular weight is 534 g/mol. The summed E-state index contributed by atoms with van der Waals surface area (Å²) in [5, 5.41) is 0. The number of carbonyl (C=O) groups is 1. The van der Waals surface area contributed by atoms with Crippen molar-refractivity contribution in [3.8, 4) is 0 Å². The number of halogens is 3. The highest BCUT2D eigenvalue weighted by Gasteiger charge is 2.43. The fourth-order valence-electron chi connectivity index (χ4n) is 6.17. The highest BCUT2D eigenvalue weighted by molar-refractivity contribution is 5.68. The van der Waals surface area contributed by atoms with E-state index in [1.54, 1.807) is 11.7 Å². The van der Waals surface area contributed by atoms with Gasteiger partial charge >= 0.3 is 12.3 Å². The van der Waals surface area contributed by atoms with Crippen LogP contribution in [0.4, 0.5) is 18.0 Å². The zero-order valence-electron chi connectivity index (χ0n) is 21.7. The highest BCUT2D eigenvalue weighted by Crippen LogP contribution is 2.42. The number of hydrogen-bond donors (Lipinski definition) is 0. The summed E-state index contributed by atoms with van der Waals surface area (Å²) in [6.45, 7) is 2.27. The highest BCUT2D eigenvalue weighted by atomic mass is 19.4. The second kappa shape index (κ2) is 10.7. The summed E-state index contributed by atoms with van der Waals surface area (Å²) in [7, 11) is 1.71. The number of fused-ring (bicyclic) bond motifs is 1. The van der Waals surface area contributed by atoms with E-state index >= 15 is 0 Å². The Morgan fingerprint density at radius 1 is 1.08 bits per heavy atom. The fraction of sp³-hybridized carbons (Fsp3) is 0.607. The number of nitrogens with zero attached hydrogens (tertiary/aromatic N) is 3. The minimum Gasteiger partial charge on any atom is -0.446 e. The molecule has 1 amide bonds. The predicted molar refractivity (Wildman–Crippen MR) is 134 cm³/mol. The summed E-state index contributed by atoms with van der Waals surface area (Å²) in [5.74, 6) is -0.487. The van der Waals surface area contributed by atoms with Crippen molar-refractivity contribution < 1.29 is 27.4 Å². The van der Waals surface area contributed by atoms with E-state index in [1.807, 2.05) is 37.3 Å². The van der Waals surface area contributed by atoms with Crippen LogP contribution in [0.5, 0.6) is 0 Å². The topological polar surface area (TPSA) is 73.7 Å². The summed E-state index contributed by atoms with van der Waals surface area (Å²) in [4.78, 5) is 32.9. The number of hydrogen-bond acceptors (Lipinski definition) is 5. The van der Waals surface area contributed by atoms with Gasteiger partial charge in [-0.25, -0.2) is 9.78 Å². The van der Waals surface area contributed by atoms with Gasteiger partial charge in [0.15, 0.2) is 0 Å². The maximum Gasteiger partial charge on any atom is 0.410 e. The van der Waals surface area contributed by atoms with Crippen molar-refractivity contribution in [3.63, 3.8) is 0 Å². The van der Waals surface area contributed by atoms with Crippen LogP contribution in [0.2, 0.25) is 0 Å². The number of amides is 1. The Morgan fingerprint density at radius 3 is 2.39 bits per heavy atom. The van der Waals surface area contributed by atoms with Crippen LogP contribution < -0.4 is 5.56 Å². The van der Waals surface area contributed by atoms with E-state index in [0.29, 0.717) is 30.0 Å². The van der Waals surface area contributed by atoms with E-state index in [1.165, 1.54) is 4.90 Å². The average Bonchev–Trinajstić information content (AvgIpc) is 2.87. The molecule has 2 heterocycles. The number of benzene rings is 1. The van der Waals surface area contributed by atoms with E-state index in [4.69, 9.17) is 14.5 Å². The molecule has 0 N–H and O–H groups in total. The van der Waals surface area contributed by atoms with Gasteiger partial charge in [0.1, 0.15) is 11.9 Å². The second-order valence-electron chi connectivity index (χ2n) is 10.8. The number of alkyl halides is 3. The molecule has 3 aliphatic rings. The zero-order valence-corrected chi connectivity index (χ0v) is 21.7. The van der Waals surface area contributed by atoms with Gasteiger partial charge in [0.05, 0.1) is 30.3 Å². The number of aryl methyl sites for hydroxylation is 1. The Morgan fingerprint density at radius 2 is 1.76 bits per heavy atom. The normalized spacial score (nSPS) is 26.3. The first kappa shape index (κ1) is 26.7. The molecule has 38 heavy (non-hydrogen) atoms. The van der Waals surface area contributed by atoms with Crippen molar-refractivity contribution >= 4 is 6.09 Å². The quantitative estimate of drug-likeness (QED) is 0.530. The molecule has 0 spiro atoms. The molecule has 0 radical (unpaired) electrons. The van der Waals surface area contributed by atoms with Gasteiger partial charge in [-0.2, -0.15) is 13.2 Å². The van der Waals surface area contributed by atoms with E-state index < -0.39 is 24.3 Å². The molecular weight excluding hydrogens is 499 g/mol. The molecule has 2 aromatic rings. The molecule has 1 aromatic heterocycles. The summed E-state index contributed by atoms with van der Waals surface area (Å²) in [6.07, 6.45) is -2.66. The molecule has 0 saturated heterocycles. The number of aromatic nitrogens is 2. The monoisotopic (exact) mass is 533 g/mol. The van der Waals surface area contributed by atoms with E-state index in [0.717, 1.165) is 18.4 Å². The summed E-state index contributed by atoms with van der Waals surface area (Å²) in [6, 6.07) is 9.82. The van der Waals surface area contributed by atoms with Crippen LogP contribution in [0.3, 0.4) is 0 Å². The SMILES string of the molecule is COC1CC(C(c2ccccc2)n2c(C)nc3c(c2=O)CCN(C(=O)OC2CCC(C(F)(F)F)CC2)C3)C1. The largest absolute Gasteiger partial charge is 0.446 e. The summed E-state index contributed by atoms with van der Waals surface area (Å²) >= 11 is 0. The van der Waals surface area contributed by atoms with Crippen LogP contribution in [0, 0.1) is 18.8 Å². The molecule has 1 aliphatic heterocycles. The lowest BCUT2D eigenvalue weighted by Gasteiger charge is -2.41. The molecule has 0 bridgehead atoms. The van der Waals surface area contributed by atoms with Crippen LogP contribution in [0.1, 0.15) is 67.2 Å². The van der Waals surface area contributed by atoms with E-state index in [-0.39, 0.29) is 55.9 Å². The summed E-state index contributed by atoms with van der Waals surface area (Å²) < 4.78 is 51.7. The first-order valence-electron chi connectivity index (χ1n) is 13.4. The molecule has 206 valence electrons. The number of carbonyl (C=O) groups excluding carboxylic acids is 1. The number of methoxy groups -OCH3 is 1. The standard InChI is InChI=1S/C28H34F3N3O4/c1-17-32-24-16-33(27(36)38-21-10-8-20(9-11-21)28(29,30)31)13-12-23(24)26(35)34(17)25(18-6-4-3-5-7-18)19-14-22(15-19)37-2/h3-7,19-22,25H,8-16H2,1-2H3. The van der Waals surface area contributed by atoms with Crippen LogP contribution in [-0.2, 0) is 22.4 Å². The maximum atomic E-state index is 13.8. The molecular formula is C28H34F3N3O4. The molecule has 7 nitrogen and oxygen atoms in total. The van der Waals surface area contributed by atoms with Crippen LogP contribution >= 0.6 is 0 Å². The van der Waals surface area contributed by atoms with Gasteiger partial charge in [0, 0.05) is 19.2 Å². The van der Waals surface area contributed by atoms with Crippen LogP contribution in [0.25, 0.3) is 0 Å². The Hall–Kier alpha value is -2.88. The van der Waals surface area contributed by atoms with Crippen molar-refractivity contribution in [1.82, 2.24) is 14.5 Å². The lowest BCUT2D eigenvalue weighted by atomic mass is 9.74. The molecule has 1 unspecified atom stereocenters. The Balaban J connectivity index is 1.32. The predicted octanol–water partition coefficient (Wildman–Crippen LogP) is 5.18. The van der Waals surface area contributed by atoms with Gasteiger partial charge in [-0.15, -0.1) is 0 Å². The molecule has 2 fully saturated rings. The third kappa shape index (κ3) is 5.32. The zero-order chi connectivity index (χ0) is 27.0. The Bertz CT molecular complexity index is 1200. The van der Waals surface area contributed by atoms with Crippen molar-refractivity contribution in [2.45, 2.75) is 82.8 Å². The molecule has 1 atom stereocenters. The van der Waals surface area contributed by atoms with Gasteiger partial charge in [0.25, 0.3) is 5.56 Å². The van der Waals surface area contributed by atoms with Gasteiger partial charge in [-0.1, -0.05) is 30.3 Å². The smallest absolute Gasteiger partial charge is 0.410 e. The van der Waals surface area contributed by atoms with Crippen LogP contribution in [-0.4, -0.2) is 52.6 Å². The fourth-order valence-corrected chi connectivity index (χ4v) is 6.17. The second-order valence-corrected chi connectivity index (χ2v) is 10.8. The van der Waals surface area contributed by atoms with Gasteiger partial charge in [0.2, 0.25) is 0 Å². The lowest BCUT2D eigenvalue weighted by Crippen LogP contribution is -2.45. The molecule has 5 rings (SSSR count). The molecule has 10 heteroatoms. The van der Waals surface area contributed by atoms with Gasteiger partial charge in [-0.3, -0.25) is 9.36 Å². The molecule has 2 saturated carbocycles.